The first-order valence-electron chi connectivity index (χ1n) is 7.73. The predicted octanol–water partition coefficient (Wildman–Crippen LogP) is 3.49. The highest BCUT2D eigenvalue weighted by Crippen LogP contribution is 2.37. The van der Waals surface area contributed by atoms with Crippen molar-refractivity contribution in [3.8, 4) is 11.8 Å². The molecule has 0 bridgehead atoms. The average molecular weight is 304 g/mol. The number of hydrogen-bond acceptors (Lipinski definition) is 5. The summed E-state index contributed by atoms with van der Waals surface area (Å²) in [5, 5.41) is 22.3. The Balaban J connectivity index is 1.93. The van der Waals surface area contributed by atoms with E-state index in [1.165, 1.54) is 0 Å². The molecular formula is C18H16N4O. The molecule has 2 aromatic carbocycles. The van der Waals surface area contributed by atoms with Gasteiger partial charge in [-0.25, -0.2) is 4.99 Å². The van der Waals surface area contributed by atoms with Crippen LogP contribution in [0, 0.1) is 11.3 Å². The highest BCUT2D eigenvalue weighted by Gasteiger charge is 2.24. The molecule has 5 heteroatoms. The summed E-state index contributed by atoms with van der Waals surface area (Å²) >= 11 is 0. The zero-order valence-electron chi connectivity index (χ0n) is 12.6. The van der Waals surface area contributed by atoms with Crippen LogP contribution in [0.15, 0.2) is 41.4 Å². The van der Waals surface area contributed by atoms with Gasteiger partial charge >= 0.3 is 0 Å². The van der Waals surface area contributed by atoms with Crippen LogP contribution in [0.3, 0.4) is 0 Å². The van der Waals surface area contributed by atoms with Crippen molar-refractivity contribution in [1.82, 2.24) is 4.90 Å². The standard InChI is InChI=1S/C18H16N4O/c19-11-12-3-5-15-14(9-12)18(22-7-1-2-8-22)21-16-6-4-13(23)10-17(16)20-15/h3-6,9-10,20,23H,1-2,7-8H2. The second-order valence-corrected chi connectivity index (χ2v) is 5.83. The van der Waals surface area contributed by atoms with Crippen molar-refractivity contribution in [3.05, 3.63) is 47.5 Å². The Morgan fingerprint density at radius 3 is 2.70 bits per heavy atom. The van der Waals surface area contributed by atoms with Crippen LogP contribution < -0.4 is 5.32 Å². The molecule has 0 saturated carbocycles. The average Bonchev–Trinajstić information content (AvgIpc) is 3.04. The maximum Gasteiger partial charge on any atom is 0.138 e. The van der Waals surface area contributed by atoms with E-state index in [9.17, 15) is 10.4 Å². The van der Waals surface area contributed by atoms with Crippen LogP contribution in [0.5, 0.6) is 5.75 Å². The second kappa shape index (κ2) is 5.33. The summed E-state index contributed by atoms with van der Waals surface area (Å²) in [7, 11) is 0. The molecule has 0 aliphatic carbocycles. The minimum Gasteiger partial charge on any atom is -0.508 e. The normalized spacial score (nSPS) is 15.8. The minimum absolute atomic E-state index is 0.200. The highest BCUT2D eigenvalue weighted by molar-refractivity contribution is 6.08. The maximum atomic E-state index is 9.75. The van der Waals surface area contributed by atoms with Crippen molar-refractivity contribution >= 4 is 22.9 Å². The van der Waals surface area contributed by atoms with Gasteiger partial charge in [-0.15, -0.1) is 0 Å². The minimum atomic E-state index is 0.200. The summed E-state index contributed by atoms with van der Waals surface area (Å²) in [5.41, 5.74) is 4.01. The topological polar surface area (TPSA) is 71.7 Å². The number of hydrogen-bond donors (Lipinski definition) is 2. The molecule has 0 amide bonds. The Morgan fingerprint density at radius 2 is 1.91 bits per heavy atom. The molecule has 1 fully saturated rings. The molecule has 2 N–H and O–H groups in total. The molecule has 0 atom stereocenters. The number of likely N-dealkylation sites (tertiary alicyclic amines) is 1. The number of aliphatic imine (C=N–C) groups is 1. The fourth-order valence-corrected chi connectivity index (χ4v) is 3.12. The summed E-state index contributed by atoms with van der Waals surface area (Å²) in [6, 6.07) is 12.9. The number of anilines is 2. The number of benzene rings is 2. The quantitative estimate of drug-likeness (QED) is 0.781. The highest BCUT2D eigenvalue weighted by atomic mass is 16.3. The van der Waals surface area contributed by atoms with E-state index in [2.05, 4.69) is 16.3 Å². The van der Waals surface area contributed by atoms with Crippen LogP contribution in [0.2, 0.25) is 0 Å². The zero-order valence-corrected chi connectivity index (χ0v) is 12.6. The van der Waals surface area contributed by atoms with Gasteiger partial charge < -0.3 is 15.3 Å². The van der Waals surface area contributed by atoms with Crippen LogP contribution in [-0.2, 0) is 0 Å². The predicted molar refractivity (Wildman–Crippen MR) is 89.6 cm³/mol. The third-order valence-electron chi connectivity index (χ3n) is 4.27. The molecule has 1 saturated heterocycles. The van der Waals surface area contributed by atoms with E-state index in [0.717, 1.165) is 54.4 Å². The smallest absolute Gasteiger partial charge is 0.138 e. The Labute approximate surface area is 134 Å². The van der Waals surface area contributed by atoms with Crippen molar-refractivity contribution in [2.45, 2.75) is 12.8 Å². The summed E-state index contributed by atoms with van der Waals surface area (Å²) in [4.78, 5) is 7.11. The van der Waals surface area contributed by atoms with E-state index in [4.69, 9.17) is 4.99 Å². The van der Waals surface area contributed by atoms with Gasteiger partial charge in [0.25, 0.3) is 0 Å². The van der Waals surface area contributed by atoms with Gasteiger partial charge in [-0.3, -0.25) is 0 Å². The number of nitrogens with one attached hydrogen (secondary N) is 1. The molecule has 2 aromatic rings. The first-order chi connectivity index (χ1) is 11.2. The molecule has 2 aliphatic heterocycles. The molecule has 2 aliphatic rings. The van der Waals surface area contributed by atoms with E-state index in [1.807, 2.05) is 18.2 Å². The van der Waals surface area contributed by atoms with Gasteiger partial charge in [0.1, 0.15) is 11.6 Å². The molecular weight excluding hydrogens is 288 g/mol. The number of nitrogens with zero attached hydrogens (tertiary/aromatic N) is 3. The first kappa shape index (κ1) is 13.6. The lowest BCUT2D eigenvalue weighted by atomic mass is 10.1. The third-order valence-corrected chi connectivity index (χ3v) is 4.27. The summed E-state index contributed by atoms with van der Waals surface area (Å²) in [5.74, 6) is 1.10. The van der Waals surface area contributed by atoms with E-state index in [-0.39, 0.29) is 5.75 Å². The molecule has 114 valence electrons. The van der Waals surface area contributed by atoms with Gasteiger partial charge in [0.2, 0.25) is 0 Å². The van der Waals surface area contributed by atoms with Gasteiger partial charge in [-0.1, -0.05) is 0 Å². The van der Waals surface area contributed by atoms with Gasteiger partial charge in [0.15, 0.2) is 0 Å². The molecule has 0 aromatic heterocycles. The van der Waals surface area contributed by atoms with Crippen molar-refractivity contribution in [1.29, 1.82) is 5.26 Å². The number of nitriles is 1. The second-order valence-electron chi connectivity index (χ2n) is 5.83. The molecule has 4 rings (SSSR count). The Kier molecular flexibility index (Phi) is 3.16. The van der Waals surface area contributed by atoms with Crippen LogP contribution in [0.1, 0.15) is 24.0 Å². The lowest BCUT2D eigenvalue weighted by Gasteiger charge is -2.21. The molecule has 0 unspecified atom stereocenters. The van der Waals surface area contributed by atoms with Gasteiger partial charge in [0, 0.05) is 30.4 Å². The molecule has 5 nitrogen and oxygen atoms in total. The van der Waals surface area contributed by atoms with Crippen LogP contribution in [-0.4, -0.2) is 28.9 Å². The Hall–Kier alpha value is -3.00. The first-order valence-corrected chi connectivity index (χ1v) is 7.73. The molecule has 0 radical (unpaired) electrons. The van der Waals surface area contributed by atoms with Gasteiger partial charge in [-0.05, 0) is 43.2 Å². The van der Waals surface area contributed by atoms with Crippen molar-refractivity contribution < 1.29 is 5.11 Å². The zero-order chi connectivity index (χ0) is 15.8. The SMILES string of the molecule is N#Cc1ccc2c(c1)C(N1CCCC1)=Nc1ccc(O)cc1N2. The van der Waals surface area contributed by atoms with E-state index >= 15 is 0 Å². The lowest BCUT2D eigenvalue weighted by Crippen LogP contribution is -2.28. The number of phenols is 1. The van der Waals surface area contributed by atoms with Gasteiger partial charge in [-0.2, -0.15) is 5.26 Å². The number of phenolic OH excluding ortho intramolecular Hbond substituents is 1. The Morgan fingerprint density at radius 1 is 1.09 bits per heavy atom. The monoisotopic (exact) mass is 304 g/mol. The van der Waals surface area contributed by atoms with E-state index in [1.54, 1.807) is 18.2 Å². The molecule has 2 heterocycles. The van der Waals surface area contributed by atoms with Crippen molar-refractivity contribution in [2.75, 3.05) is 18.4 Å². The summed E-state index contributed by atoms with van der Waals surface area (Å²) in [6.07, 6.45) is 2.31. The number of fused-ring (bicyclic) bond motifs is 2. The number of aromatic hydroxyl groups is 1. The molecule has 0 spiro atoms. The summed E-state index contributed by atoms with van der Waals surface area (Å²) in [6.45, 7) is 1.95. The van der Waals surface area contributed by atoms with Crippen LogP contribution >= 0.6 is 0 Å². The number of rotatable bonds is 0. The van der Waals surface area contributed by atoms with E-state index < -0.39 is 0 Å². The lowest BCUT2D eigenvalue weighted by molar-refractivity contribution is 0.475. The van der Waals surface area contributed by atoms with Crippen molar-refractivity contribution in [2.24, 2.45) is 4.99 Å². The Bertz CT molecular complexity index is 845. The fourth-order valence-electron chi connectivity index (χ4n) is 3.12. The van der Waals surface area contributed by atoms with Crippen LogP contribution in [0.4, 0.5) is 17.1 Å². The third kappa shape index (κ3) is 2.38. The molecule has 23 heavy (non-hydrogen) atoms. The van der Waals surface area contributed by atoms with E-state index in [0.29, 0.717) is 5.56 Å². The maximum absolute atomic E-state index is 9.75. The van der Waals surface area contributed by atoms with Gasteiger partial charge in [0.05, 0.1) is 23.0 Å². The van der Waals surface area contributed by atoms with Crippen LogP contribution in [0.25, 0.3) is 0 Å². The number of amidine groups is 1. The largest absolute Gasteiger partial charge is 0.508 e. The fraction of sp³-hybridized carbons (Fsp3) is 0.222. The summed E-state index contributed by atoms with van der Waals surface area (Å²) < 4.78 is 0. The van der Waals surface area contributed by atoms with Crippen molar-refractivity contribution in [3.63, 3.8) is 0 Å².